The summed E-state index contributed by atoms with van der Waals surface area (Å²) < 4.78 is 40.7. The summed E-state index contributed by atoms with van der Waals surface area (Å²) in [5.74, 6) is 0.274. The van der Waals surface area contributed by atoms with Gasteiger partial charge >= 0.3 is 6.18 Å². The lowest BCUT2D eigenvalue weighted by Crippen LogP contribution is -2.13. The van der Waals surface area contributed by atoms with E-state index in [0.29, 0.717) is 10.7 Å². The van der Waals surface area contributed by atoms with Crippen molar-refractivity contribution in [2.75, 3.05) is 0 Å². The van der Waals surface area contributed by atoms with Crippen LogP contribution in [-0.2, 0) is 6.18 Å². The SMILES string of the molecule is FC(F)(F)c1cc(-c2nccs2)nc2cc(C3CC3)nn12. The van der Waals surface area contributed by atoms with Gasteiger partial charge in [-0.25, -0.2) is 14.5 Å². The van der Waals surface area contributed by atoms with E-state index in [1.807, 2.05) is 0 Å². The molecule has 8 heteroatoms. The summed E-state index contributed by atoms with van der Waals surface area (Å²) in [5, 5.41) is 6.26. The lowest BCUT2D eigenvalue weighted by molar-refractivity contribution is -0.142. The third-order valence-electron chi connectivity index (χ3n) is 3.38. The van der Waals surface area contributed by atoms with E-state index in [0.717, 1.165) is 23.4 Å². The largest absolute Gasteiger partial charge is 0.433 e. The van der Waals surface area contributed by atoms with Gasteiger partial charge in [0.2, 0.25) is 0 Å². The van der Waals surface area contributed by atoms with Gasteiger partial charge in [-0.1, -0.05) is 0 Å². The van der Waals surface area contributed by atoms with Gasteiger partial charge in [0.1, 0.15) is 10.7 Å². The molecule has 4 rings (SSSR count). The molecule has 0 atom stereocenters. The van der Waals surface area contributed by atoms with Crippen molar-refractivity contribution in [1.82, 2.24) is 19.6 Å². The Morgan fingerprint density at radius 3 is 2.67 bits per heavy atom. The molecule has 4 nitrogen and oxygen atoms in total. The van der Waals surface area contributed by atoms with Crippen molar-refractivity contribution in [2.24, 2.45) is 0 Å². The van der Waals surface area contributed by atoms with Crippen LogP contribution in [0, 0.1) is 0 Å². The first kappa shape index (κ1) is 12.8. The number of hydrogen-bond acceptors (Lipinski definition) is 4. The smallest absolute Gasteiger partial charge is 0.243 e. The molecule has 0 saturated heterocycles. The molecule has 3 aromatic heterocycles. The molecule has 0 unspecified atom stereocenters. The van der Waals surface area contributed by atoms with E-state index in [2.05, 4.69) is 15.1 Å². The monoisotopic (exact) mass is 310 g/mol. The number of halogens is 3. The molecule has 0 amide bonds. The number of rotatable bonds is 2. The van der Waals surface area contributed by atoms with Gasteiger partial charge in [-0.2, -0.15) is 18.3 Å². The van der Waals surface area contributed by atoms with Gasteiger partial charge in [0.25, 0.3) is 0 Å². The maximum absolute atomic E-state index is 13.3. The standard InChI is InChI=1S/C13H9F3N4S/c14-13(15,16)10-5-9(12-17-3-4-21-12)18-11-6-8(7-1-2-7)19-20(10)11/h3-7H,1-2H2. The van der Waals surface area contributed by atoms with Crippen molar-refractivity contribution in [3.63, 3.8) is 0 Å². The van der Waals surface area contributed by atoms with Gasteiger partial charge < -0.3 is 0 Å². The van der Waals surface area contributed by atoms with Crippen molar-refractivity contribution < 1.29 is 13.2 Å². The highest BCUT2D eigenvalue weighted by Gasteiger charge is 2.36. The molecule has 1 saturated carbocycles. The predicted molar refractivity (Wildman–Crippen MR) is 71.1 cm³/mol. The van der Waals surface area contributed by atoms with Crippen LogP contribution in [0.15, 0.2) is 23.7 Å². The van der Waals surface area contributed by atoms with Gasteiger partial charge in [0.05, 0.1) is 5.69 Å². The zero-order chi connectivity index (χ0) is 14.6. The van der Waals surface area contributed by atoms with E-state index in [1.165, 1.54) is 11.3 Å². The summed E-state index contributed by atoms with van der Waals surface area (Å²) in [5.41, 5.74) is 0.317. The van der Waals surface area contributed by atoms with Crippen molar-refractivity contribution in [3.05, 3.63) is 35.1 Å². The number of alkyl halides is 3. The molecule has 1 fully saturated rings. The molecular formula is C13H9F3N4S. The normalized spacial score (nSPS) is 15.8. The average Bonchev–Trinajstić information content (AvgIpc) is 2.98. The molecule has 1 aliphatic carbocycles. The lowest BCUT2D eigenvalue weighted by atomic mass is 10.3. The van der Waals surface area contributed by atoms with Gasteiger partial charge in [-0.05, 0) is 18.9 Å². The number of fused-ring (bicyclic) bond motifs is 1. The minimum atomic E-state index is -4.49. The summed E-state index contributed by atoms with van der Waals surface area (Å²) >= 11 is 1.26. The molecule has 0 aliphatic heterocycles. The zero-order valence-electron chi connectivity index (χ0n) is 10.6. The fourth-order valence-electron chi connectivity index (χ4n) is 2.23. The lowest BCUT2D eigenvalue weighted by Gasteiger charge is -2.09. The van der Waals surface area contributed by atoms with Crippen LogP contribution in [0.25, 0.3) is 16.3 Å². The number of hydrogen-bond donors (Lipinski definition) is 0. The van der Waals surface area contributed by atoms with Gasteiger partial charge in [0, 0.05) is 23.6 Å². The van der Waals surface area contributed by atoms with Crippen molar-refractivity contribution in [3.8, 4) is 10.7 Å². The van der Waals surface area contributed by atoms with E-state index in [9.17, 15) is 13.2 Å². The van der Waals surface area contributed by atoms with E-state index in [-0.39, 0.29) is 17.3 Å². The Morgan fingerprint density at radius 1 is 1.24 bits per heavy atom. The van der Waals surface area contributed by atoms with Crippen LogP contribution < -0.4 is 0 Å². The molecule has 0 N–H and O–H groups in total. The topological polar surface area (TPSA) is 43.1 Å². The van der Waals surface area contributed by atoms with Crippen molar-refractivity contribution in [1.29, 1.82) is 0 Å². The number of thiazole rings is 1. The quantitative estimate of drug-likeness (QED) is 0.724. The summed E-state index contributed by atoms with van der Waals surface area (Å²) in [6.07, 6.45) is -0.986. The molecule has 0 bridgehead atoms. The second-order valence-electron chi connectivity index (χ2n) is 4.98. The fourth-order valence-corrected chi connectivity index (χ4v) is 2.83. The second kappa shape index (κ2) is 4.27. The van der Waals surface area contributed by atoms with Gasteiger partial charge in [0.15, 0.2) is 11.3 Å². The highest BCUT2D eigenvalue weighted by atomic mass is 32.1. The minimum absolute atomic E-state index is 0.219. The Bertz CT molecular complexity index is 803. The number of aromatic nitrogens is 4. The van der Waals surface area contributed by atoms with E-state index in [1.54, 1.807) is 17.6 Å². The van der Waals surface area contributed by atoms with Crippen molar-refractivity contribution >= 4 is 17.0 Å². The first-order valence-electron chi connectivity index (χ1n) is 6.40. The first-order valence-corrected chi connectivity index (χ1v) is 7.28. The molecule has 0 spiro atoms. The van der Waals surface area contributed by atoms with Crippen molar-refractivity contribution in [2.45, 2.75) is 24.9 Å². The Kier molecular flexibility index (Phi) is 2.59. The summed E-state index contributed by atoms with van der Waals surface area (Å²) in [6, 6.07) is 2.65. The molecular weight excluding hydrogens is 301 g/mol. The summed E-state index contributed by atoms with van der Waals surface area (Å²) in [4.78, 5) is 8.30. The fraction of sp³-hybridized carbons (Fsp3) is 0.308. The molecule has 3 heterocycles. The van der Waals surface area contributed by atoms with Gasteiger partial charge in [-0.3, -0.25) is 0 Å². The van der Waals surface area contributed by atoms with Crippen LogP contribution in [0.5, 0.6) is 0 Å². The maximum Gasteiger partial charge on any atom is 0.433 e. The van der Waals surface area contributed by atoms with E-state index >= 15 is 0 Å². The average molecular weight is 310 g/mol. The Hall–Kier alpha value is -1.96. The Balaban J connectivity index is 1.97. The van der Waals surface area contributed by atoms with Crippen LogP contribution >= 0.6 is 11.3 Å². The van der Waals surface area contributed by atoms with Crippen LogP contribution in [-0.4, -0.2) is 19.6 Å². The first-order chi connectivity index (χ1) is 10.0. The Labute approximate surface area is 121 Å². The third-order valence-corrected chi connectivity index (χ3v) is 4.18. The summed E-state index contributed by atoms with van der Waals surface area (Å²) in [6.45, 7) is 0. The predicted octanol–water partition coefficient (Wildman–Crippen LogP) is 3.75. The molecule has 3 aromatic rings. The van der Waals surface area contributed by atoms with Crippen LogP contribution in [0.2, 0.25) is 0 Å². The van der Waals surface area contributed by atoms with Crippen LogP contribution in [0.3, 0.4) is 0 Å². The molecule has 1 aliphatic rings. The maximum atomic E-state index is 13.3. The highest BCUT2D eigenvalue weighted by Crippen LogP contribution is 2.40. The minimum Gasteiger partial charge on any atom is -0.243 e. The number of nitrogens with zero attached hydrogens (tertiary/aromatic N) is 4. The van der Waals surface area contributed by atoms with E-state index < -0.39 is 11.9 Å². The Morgan fingerprint density at radius 2 is 2.05 bits per heavy atom. The second-order valence-corrected chi connectivity index (χ2v) is 5.87. The van der Waals surface area contributed by atoms with Gasteiger partial charge in [-0.15, -0.1) is 11.3 Å². The zero-order valence-corrected chi connectivity index (χ0v) is 11.4. The molecule has 108 valence electrons. The molecule has 21 heavy (non-hydrogen) atoms. The van der Waals surface area contributed by atoms with E-state index in [4.69, 9.17) is 0 Å². The van der Waals surface area contributed by atoms with Crippen LogP contribution in [0.4, 0.5) is 13.2 Å². The molecule has 0 aromatic carbocycles. The highest BCUT2D eigenvalue weighted by molar-refractivity contribution is 7.13. The third kappa shape index (κ3) is 2.19. The summed E-state index contributed by atoms with van der Waals surface area (Å²) in [7, 11) is 0. The van der Waals surface area contributed by atoms with Crippen LogP contribution in [0.1, 0.15) is 30.1 Å². The molecule has 0 radical (unpaired) electrons.